The number of rotatable bonds is 4. The third kappa shape index (κ3) is 4.67. The summed E-state index contributed by atoms with van der Waals surface area (Å²) in [5, 5.41) is 2.80. The molecule has 2 nitrogen and oxygen atoms in total. The number of carbonyl (C=O) groups is 1. The maximum atomic E-state index is 12.5. The Balaban J connectivity index is 2.36. The van der Waals surface area contributed by atoms with Crippen LogP contribution in [-0.4, -0.2) is 24.0 Å². The fourth-order valence-corrected chi connectivity index (χ4v) is 2.61. The molecule has 1 N–H and O–H groups in total. The summed E-state index contributed by atoms with van der Waals surface area (Å²) in [7, 11) is 0. The molecule has 106 valence electrons. The maximum absolute atomic E-state index is 12.5. The van der Waals surface area contributed by atoms with Crippen LogP contribution in [0.15, 0.2) is 0 Å². The molecule has 1 fully saturated rings. The molecule has 0 bridgehead atoms. The third-order valence-electron chi connectivity index (χ3n) is 3.49. The molecule has 0 heterocycles. The molecule has 0 aromatic carbocycles. The molecule has 1 rings (SSSR count). The first kappa shape index (κ1) is 15.6. The number of nitrogens with one attached hydrogen (secondary N) is 1. The van der Waals surface area contributed by atoms with Crippen LogP contribution in [0.4, 0.5) is 13.2 Å². The second kappa shape index (κ2) is 6.64. The van der Waals surface area contributed by atoms with Crippen molar-refractivity contribution in [1.82, 2.24) is 5.32 Å². The Morgan fingerprint density at radius 2 is 1.89 bits per heavy atom. The first-order valence-corrected chi connectivity index (χ1v) is 6.81. The van der Waals surface area contributed by atoms with E-state index in [1.807, 2.05) is 6.92 Å². The summed E-state index contributed by atoms with van der Waals surface area (Å²) in [5.74, 6) is -1.18. The van der Waals surface area contributed by atoms with Gasteiger partial charge >= 0.3 is 6.18 Å². The van der Waals surface area contributed by atoms with Crippen molar-refractivity contribution in [2.24, 2.45) is 11.8 Å². The van der Waals surface area contributed by atoms with Gasteiger partial charge < -0.3 is 5.32 Å². The molecule has 0 saturated heterocycles. The van der Waals surface area contributed by atoms with Crippen molar-refractivity contribution in [2.45, 2.75) is 51.2 Å². The smallest absolute Gasteiger partial charge is 0.353 e. The zero-order valence-corrected chi connectivity index (χ0v) is 11.2. The summed E-state index contributed by atoms with van der Waals surface area (Å²) in [4.78, 5) is 11.8. The zero-order chi connectivity index (χ0) is 13.8. The van der Waals surface area contributed by atoms with E-state index < -0.39 is 12.1 Å². The molecule has 0 aliphatic heterocycles. The highest BCUT2D eigenvalue weighted by atomic mass is 35.5. The Bertz CT molecular complexity index is 275. The minimum atomic E-state index is -4.12. The van der Waals surface area contributed by atoms with Gasteiger partial charge in [0.25, 0.3) is 0 Å². The summed E-state index contributed by atoms with van der Waals surface area (Å²) in [6, 6.07) is -0.0182. The van der Waals surface area contributed by atoms with E-state index in [-0.39, 0.29) is 30.7 Å². The fourth-order valence-electron chi connectivity index (χ4n) is 2.28. The molecule has 1 amide bonds. The van der Waals surface area contributed by atoms with Crippen molar-refractivity contribution < 1.29 is 18.0 Å². The lowest BCUT2D eigenvalue weighted by Gasteiger charge is -2.29. The fraction of sp³-hybridized carbons (Fsp3) is 0.917. The SMILES string of the molecule is CC(CCCl)NC(=O)C1CCC(C(F)(F)F)CC1. The molecule has 0 aromatic rings. The summed E-state index contributed by atoms with van der Waals surface area (Å²) in [6.45, 7) is 1.85. The average Bonchev–Trinajstić information content (AvgIpc) is 2.28. The number of hydrogen-bond acceptors (Lipinski definition) is 1. The quantitative estimate of drug-likeness (QED) is 0.787. The monoisotopic (exact) mass is 285 g/mol. The first-order valence-electron chi connectivity index (χ1n) is 6.27. The number of alkyl halides is 4. The molecule has 1 atom stereocenters. The Labute approximate surface area is 110 Å². The van der Waals surface area contributed by atoms with Crippen molar-refractivity contribution in [2.75, 3.05) is 5.88 Å². The molecule has 1 saturated carbocycles. The second-order valence-corrected chi connectivity index (χ2v) is 5.36. The van der Waals surface area contributed by atoms with Gasteiger partial charge in [-0.3, -0.25) is 4.79 Å². The van der Waals surface area contributed by atoms with Crippen molar-refractivity contribution in [3.63, 3.8) is 0 Å². The van der Waals surface area contributed by atoms with Gasteiger partial charge in [-0.25, -0.2) is 0 Å². The van der Waals surface area contributed by atoms with E-state index in [1.165, 1.54) is 0 Å². The molecule has 0 aromatic heterocycles. The van der Waals surface area contributed by atoms with Crippen LogP contribution in [0.3, 0.4) is 0 Å². The predicted molar refractivity (Wildman–Crippen MR) is 64.4 cm³/mol. The normalized spacial score (nSPS) is 26.7. The van der Waals surface area contributed by atoms with Gasteiger partial charge in [0.1, 0.15) is 0 Å². The second-order valence-electron chi connectivity index (χ2n) is 4.98. The number of carbonyl (C=O) groups excluding carboxylic acids is 1. The highest BCUT2D eigenvalue weighted by Gasteiger charge is 2.42. The zero-order valence-electron chi connectivity index (χ0n) is 10.4. The van der Waals surface area contributed by atoms with Gasteiger partial charge in [0, 0.05) is 17.8 Å². The minimum Gasteiger partial charge on any atom is -0.353 e. The molecular formula is C12H19ClF3NO. The lowest BCUT2D eigenvalue weighted by atomic mass is 9.81. The molecule has 6 heteroatoms. The van der Waals surface area contributed by atoms with Gasteiger partial charge in [0.15, 0.2) is 0 Å². The van der Waals surface area contributed by atoms with Gasteiger partial charge in [-0.05, 0) is 39.0 Å². The van der Waals surface area contributed by atoms with Crippen molar-refractivity contribution in [1.29, 1.82) is 0 Å². The van der Waals surface area contributed by atoms with Gasteiger partial charge in [0.05, 0.1) is 5.92 Å². The average molecular weight is 286 g/mol. The van der Waals surface area contributed by atoms with Gasteiger partial charge in [-0.1, -0.05) is 0 Å². The lowest BCUT2D eigenvalue weighted by Crippen LogP contribution is -2.40. The van der Waals surface area contributed by atoms with Gasteiger partial charge in [0.2, 0.25) is 5.91 Å². The summed E-state index contributed by atoms with van der Waals surface area (Å²) in [5.41, 5.74) is 0. The van der Waals surface area contributed by atoms with Crippen LogP contribution >= 0.6 is 11.6 Å². The molecule has 0 spiro atoms. The molecule has 1 aliphatic rings. The van der Waals surface area contributed by atoms with Crippen LogP contribution in [0.25, 0.3) is 0 Å². The van der Waals surface area contributed by atoms with Gasteiger partial charge in [-0.15, -0.1) is 11.6 Å². The highest BCUT2D eigenvalue weighted by Crippen LogP contribution is 2.39. The predicted octanol–water partition coefficient (Wildman–Crippen LogP) is 3.49. The Kier molecular flexibility index (Phi) is 5.76. The number of halogens is 4. The van der Waals surface area contributed by atoms with Gasteiger partial charge in [-0.2, -0.15) is 13.2 Å². The van der Waals surface area contributed by atoms with E-state index in [0.717, 1.165) is 0 Å². The summed E-state index contributed by atoms with van der Waals surface area (Å²) < 4.78 is 37.4. The number of hydrogen-bond donors (Lipinski definition) is 1. The van der Waals surface area contributed by atoms with Crippen molar-refractivity contribution in [3.8, 4) is 0 Å². The molecule has 18 heavy (non-hydrogen) atoms. The Morgan fingerprint density at radius 3 is 2.33 bits per heavy atom. The molecule has 1 unspecified atom stereocenters. The van der Waals surface area contributed by atoms with Crippen LogP contribution in [0.1, 0.15) is 39.0 Å². The van der Waals surface area contributed by atoms with Crippen LogP contribution in [0.2, 0.25) is 0 Å². The Morgan fingerprint density at radius 1 is 1.33 bits per heavy atom. The van der Waals surface area contributed by atoms with E-state index in [0.29, 0.717) is 25.1 Å². The Hall–Kier alpha value is -0.450. The van der Waals surface area contributed by atoms with E-state index in [9.17, 15) is 18.0 Å². The summed E-state index contributed by atoms with van der Waals surface area (Å²) >= 11 is 5.56. The molecule has 1 aliphatic carbocycles. The van der Waals surface area contributed by atoms with E-state index >= 15 is 0 Å². The summed E-state index contributed by atoms with van der Waals surface area (Å²) in [6.07, 6.45) is -2.68. The largest absolute Gasteiger partial charge is 0.391 e. The van der Waals surface area contributed by atoms with E-state index in [4.69, 9.17) is 11.6 Å². The highest BCUT2D eigenvalue weighted by molar-refractivity contribution is 6.17. The van der Waals surface area contributed by atoms with E-state index in [1.54, 1.807) is 0 Å². The lowest BCUT2D eigenvalue weighted by molar-refractivity contribution is -0.184. The van der Waals surface area contributed by atoms with Crippen LogP contribution in [0.5, 0.6) is 0 Å². The third-order valence-corrected chi connectivity index (χ3v) is 3.71. The maximum Gasteiger partial charge on any atom is 0.391 e. The van der Waals surface area contributed by atoms with Crippen LogP contribution in [0, 0.1) is 11.8 Å². The molecular weight excluding hydrogens is 267 g/mol. The number of amides is 1. The van der Waals surface area contributed by atoms with E-state index in [2.05, 4.69) is 5.32 Å². The first-order chi connectivity index (χ1) is 8.34. The standard InChI is InChI=1S/C12H19ClF3NO/c1-8(6-7-13)17-11(18)9-2-4-10(5-3-9)12(14,15)16/h8-10H,2-7H2,1H3,(H,17,18). The molecule has 0 radical (unpaired) electrons. The minimum absolute atomic E-state index is 0.0182. The van der Waals surface area contributed by atoms with Crippen LogP contribution in [-0.2, 0) is 4.79 Å². The van der Waals surface area contributed by atoms with Crippen molar-refractivity contribution >= 4 is 17.5 Å². The topological polar surface area (TPSA) is 29.1 Å². The van der Waals surface area contributed by atoms with Crippen molar-refractivity contribution in [3.05, 3.63) is 0 Å². The van der Waals surface area contributed by atoms with Crippen LogP contribution < -0.4 is 5.32 Å².